The molecule has 0 aromatic rings. The lowest BCUT2D eigenvalue weighted by Crippen LogP contribution is -1.91. The van der Waals surface area contributed by atoms with Crippen LogP contribution in [0.3, 0.4) is 0 Å². The standard InChI is InChI=1S/C7H9NO/c1-5-3-4-6(9)7(5)8-2/h2-4H2,1H3. The van der Waals surface area contributed by atoms with Gasteiger partial charge in [0.2, 0.25) is 0 Å². The lowest BCUT2D eigenvalue weighted by molar-refractivity contribution is -0.114. The van der Waals surface area contributed by atoms with Gasteiger partial charge in [-0.25, -0.2) is 0 Å². The summed E-state index contributed by atoms with van der Waals surface area (Å²) in [5, 5.41) is 0. The van der Waals surface area contributed by atoms with Crippen molar-refractivity contribution in [2.24, 2.45) is 4.99 Å². The molecule has 0 aromatic heterocycles. The van der Waals surface area contributed by atoms with E-state index >= 15 is 0 Å². The lowest BCUT2D eigenvalue weighted by Gasteiger charge is -1.88. The van der Waals surface area contributed by atoms with E-state index in [2.05, 4.69) is 11.7 Å². The summed E-state index contributed by atoms with van der Waals surface area (Å²) in [4.78, 5) is 14.5. The molecule has 0 aromatic carbocycles. The van der Waals surface area contributed by atoms with Gasteiger partial charge in [-0.2, -0.15) is 0 Å². The lowest BCUT2D eigenvalue weighted by atomic mass is 10.3. The van der Waals surface area contributed by atoms with Crippen molar-refractivity contribution in [2.75, 3.05) is 0 Å². The largest absolute Gasteiger partial charge is 0.292 e. The van der Waals surface area contributed by atoms with Gasteiger partial charge < -0.3 is 0 Å². The fourth-order valence-electron chi connectivity index (χ4n) is 0.999. The highest BCUT2D eigenvalue weighted by atomic mass is 16.1. The zero-order chi connectivity index (χ0) is 6.85. The van der Waals surface area contributed by atoms with Crippen molar-refractivity contribution in [1.29, 1.82) is 0 Å². The molecule has 0 unspecified atom stereocenters. The fraction of sp³-hybridized carbons (Fsp3) is 0.429. The molecule has 1 aliphatic carbocycles. The number of rotatable bonds is 1. The Morgan fingerprint density at radius 1 is 1.56 bits per heavy atom. The average Bonchev–Trinajstić information content (AvgIpc) is 2.12. The molecule has 0 bridgehead atoms. The fourth-order valence-corrected chi connectivity index (χ4v) is 0.999. The molecule has 0 spiro atoms. The Bertz CT molecular complexity index is 191. The van der Waals surface area contributed by atoms with Crippen molar-refractivity contribution in [3.8, 4) is 0 Å². The third-order valence-corrected chi connectivity index (χ3v) is 1.55. The second kappa shape index (κ2) is 2.13. The van der Waals surface area contributed by atoms with E-state index in [0.717, 1.165) is 12.0 Å². The van der Waals surface area contributed by atoms with Gasteiger partial charge in [0.25, 0.3) is 0 Å². The van der Waals surface area contributed by atoms with Gasteiger partial charge in [-0.1, -0.05) is 0 Å². The van der Waals surface area contributed by atoms with E-state index in [1.807, 2.05) is 6.92 Å². The van der Waals surface area contributed by atoms with Crippen LogP contribution in [0.4, 0.5) is 0 Å². The predicted octanol–water partition coefficient (Wildman–Crippen LogP) is 1.32. The number of Topliss-reactive ketones (excluding diaryl/α,β-unsaturated/α-hetero) is 1. The Balaban J connectivity index is 2.94. The average molecular weight is 123 g/mol. The summed E-state index contributed by atoms with van der Waals surface area (Å²) in [5.41, 5.74) is 1.67. The van der Waals surface area contributed by atoms with E-state index in [1.54, 1.807) is 0 Å². The van der Waals surface area contributed by atoms with Crippen LogP contribution in [0.25, 0.3) is 0 Å². The Labute approximate surface area is 54.3 Å². The molecule has 0 aliphatic heterocycles. The molecular formula is C7H9NO. The van der Waals surface area contributed by atoms with E-state index in [1.165, 1.54) is 0 Å². The van der Waals surface area contributed by atoms with Gasteiger partial charge in [-0.3, -0.25) is 9.79 Å². The van der Waals surface area contributed by atoms with Gasteiger partial charge in [0.1, 0.15) is 5.70 Å². The molecule has 2 heteroatoms. The van der Waals surface area contributed by atoms with Crippen LogP contribution in [0.1, 0.15) is 19.8 Å². The Kier molecular flexibility index (Phi) is 1.47. The van der Waals surface area contributed by atoms with Crippen LogP contribution in [-0.2, 0) is 4.79 Å². The molecule has 1 rings (SSSR count). The summed E-state index contributed by atoms with van der Waals surface area (Å²) in [6, 6.07) is 0. The van der Waals surface area contributed by atoms with E-state index in [4.69, 9.17) is 0 Å². The number of carbonyl (C=O) groups excluding carboxylic acids is 1. The first-order valence-corrected chi connectivity index (χ1v) is 2.95. The molecule has 0 saturated heterocycles. The summed E-state index contributed by atoms with van der Waals surface area (Å²) in [5.74, 6) is 0.141. The highest BCUT2D eigenvalue weighted by Crippen LogP contribution is 2.22. The first kappa shape index (κ1) is 6.20. The molecule has 2 nitrogen and oxygen atoms in total. The summed E-state index contributed by atoms with van der Waals surface area (Å²) in [7, 11) is 0. The SMILES string of the molecule is C=NC1=C(C)CCC1=O. The molecule has 0 N–H and O–H groups in total. The molecule has 0 saturated carbocycles. The molecule has 9 heavy (non-hydrogen) atoms. The van der Waals surface area contributed by atoms with Crippen LogP contribution in [0.5, 0.6) is 0 Å². The first-order valence-electron chi connectivity index (χ1n) is 2.95. The molecule has 0 heterocycles. The summed E-state index contributed by atoms with van der Waals surface area (Å²) in [6.07, 6.45) is 1.49. The summed E-state index contributed by atoms with van der Waals surface area (Å²) in [6.45, 7) is 5.24. The van der Waals surface area contributed by atoms with Gasteiger partial charge >= 0.3 is 0 Å². The number of hydrogen-bond donors (Lipinski definition) is 0. The first-order chi connectivity index (χ1) is 4.25. The maximum Gasteiger partial charge on any atom is 0.181 e. The summed E-state index contributed by atoms with van der Waals surface area (Å²) < 4.78 is 0. The van der Waals surface area contributed by atoms with Crippen molar-refractivity contribution < 1.29 is 4.79 Å². The van der Waals surface area contributed by atoms with Crippen LogP contribution in [0.15, 0.2) is 16.3 Å². The van der Waals surface area contributed by atoms with Gasteiger partial charge in [0.05, 0.1) is 0 Å². The third kappa shape index (κ3) is 0.922. The minimum atomic E-state index is 0.141. The van der Waals surface area contributed by atoms with Crippen LogP contribution < -0.4 is 0 Å². The molecule has 1 aliphatic rings. The quantitative estimate of drug-likeness (QED) is 0.483. The van der Waals surface area contributed by atoms with E-state index < -0.39 is 0 Å². The monoisotopic (exact) mass is 123 g/mol. The predicted molar refractivity (Wildman–Crippen MR) is 36.5 cm³/mol. The molecule has 0 radical (unpaired) electrons. The normalized spacial score (nSPS) is 19.0. The summed E-state index contributed by atoms with van der Waals surface area (Å²) >= 11 is 0. The maximum atomic E-state index is 10.8. The number of allylic oxidation sites excluding steroid dienone is 2. The minimum absolute atomic E-state index is 0.141. The topological polar surface area (TPSA) is 29.4 Å². The molecule has 0 atom stereocenters. The smallest absolute Gasteiger partial charge is 0.181 e. The Morgan fingerprint density at radius 3 is 2.44 bits per heavy atom. The second-order valence-electron chi connectivity index (χ2n) is 2.21. The van der Waals surface area contributed by atoms with Crippen LogP contribution in [0.2, 0.25) is 0 Å². The minimum Gasteiger partial charge on any atom is -0.292 e. The van der Waals surface area contributed by atoms with Gasteiger partial charge in [-0.15, -0.1) is 0 Å². The van der Waals surface area contributed by atoms with Crippen LogP contribution in [-0.4, -0.2) is 12.5 Å². The van der Waals surface area contributed by atoms with Gasteiger partial charge in [0, 0.05) is 6.42 Å². The van der Waals surface area contributed by atoms with Crippen LogP contribution >= 0.6 is 0 Å². The molecular weight excluding hydrogens is 114 g/mol. The number of ketones is 1. The maximum absolute atomic E-state index is 10.8. The molecule has 48 valence electrons. The zero-order valence-corrected chi connectivity index (χ0v) is 5.48. The molecule has 0 amide bonds. The number of aliphatic imine (C=N–C) groups is 1. The van der Waals surface area contributed by atoms with E-state index in [-0.39, 0.29) is 5.78 Å². The molecule has 0 fully saturated rings. The van der Waals surface area contributed by atoms with E-state index in [9.17, 15) is 4.79 Å². The second-order valence-corrected chi connectivity index (χ2v) is 2.21. The number of carbonyl (C=O) groups is 1. The Morgan fingerprint density at radius 2 is 2.22 bits per heavy atom. The zero-order valence-electron chi connectivity index (χ0n) is 5.48. The van der Waals surface area contributed by atoms with Gasteiger partial charge in [0.15, 0.2) is 5.78 Å². The van der Waals surface area contributed by atoms with Crippen molar-refractivity contribution in [2.45, 2.75) is 19.8 Å². The van der Waals surface area contributed by atoms with Crippen LogP contribution in [0, 0.1) is 0 Å². The van der Waals surface area contributed by atoms with Crippen molar-refractivity contribution >= 4 is 12.5 Å². The highest BCUT2D eigenvalue weighted by molar-refractivity contribution is 5.98. The number of hydrogen-bond acceptors (Lipinski definition) is 2. The highest BCUT2D eigenvalue weighted by Gasteiger charge is 2.17. The van der Waals surface area contributed by atoms with Gasteiger partial charge in [-0.05, 0) is 25.6 Å². The van der Waals surface area contributed by atoms with Crippen molar-refractivity contribution in [1.82, 2.24) is 0 Å². The van der Waals surface area contributed by atoms with Crippen molar-refractivity contribution in [3.63, 3.8) is 0 Å². The number of nitrogens with zero attached hydrogens (tertiary/aromatic N) is 1. The third-order valence-electron chi connectivity index (χ3n) is 1.55. The van der Waals surface area contributed by atoms with E-state index in [0.29, 0.717) is 12.1 Å². The Hall–Kier alpha value is -0.920. The van der Waals surface area contributed by atoms with Crippen molar-refractivity contribution in [3.05, 3.63) is 11.3 Å².